The smallest absolute Gasteiger partial charge is 0.329 e. The van der Waals surface area contributed by atoms with Gasteiger partial charge in [0.25, 0.3) is 11.6 Å². The van der Waals surface area contributed by atoms with Gasteiger partial charge in [-0.05, 0) is 35.9 Å². The first-order chi connectivity index (χ1) is 13.9. The van der Waals surface area contributed by atoms with Gasteiger partial charge in [-0.15, -0.1) is 0 Å². The largest absolute Gasteiger partial charge is 0.495 e. The van der Waals surface area contributed by atoms with Gasteiger partial charge in [-0.2, -0.15) is 0 Å². The van der Waals surface area contributed by atoms with E-state index < -0.39 is 29.3 Å². The summed E-state index contributed by atoms with van der Waals surface area (Å²) in [7, 11) is 1.46. The lowest BCUT2D eigenvalue weighted by Gasteiger charge is -2.13. The van der Waals surface area contributed by atoms with Crippen LogP contribution in [0.1, 0.15) is 5.56 Å². The summed E-state index contributed by atoms with van der Waals surface area (Å²) in [6, 6.07) is 11.5. The molecule has 4 amide bonds. The number of nitrogens with one attached hydrogen (secondary N) is 2. The molecule has 148 valence electrons. The first-order valence-electron chi connectivity index (χ1n) is 8.41. The highest BCUT2D eigenvalue weighted by Crippen LogP contribution is 2.23. The molecule has 1 aliphatic heterocycles. The topological polar surface area (TPSA) is 131 Å². The van der Waals surface area contributed by atoms with Gasteiger partial charge in [0, 0.05) is 12.1 Å². The first-order valence-corrected chi connectivity index (χ1v) is 8.41. The second-order valence-corrected chi connectivity index (χ2v) is 5.98. The number of methoxy groups -OCH3 is 1. The van der Waals surface area contributed by atoms with Crippen LogP contribution in [0.25, 0.3) is 6.08 Å². The van der Waals surface area contributed by atoms with E-state index in [9.17, 15) is 24.5 Å². The third-order valence-corrected chi connectivity index (χ3v) is 4.06. The fourth-order valence-electron chi connectivity index (χ4n) is 2.66. The summed E-state index contributed by atoms with van der Waals surface area (Å²) in [6.45, 7) is -0.486. The summed E-state index contributed by atoms with van der Waals surface area (Å²) in [6.07, 6.45) is 1.38. The molecule has 2 aromatic carbocycles. The molecule has 0 radical (unpaired) electrons. The van der Waals surface area contributed by atoms with E-state index >= 15 is 0 Å². The van der Waals surface area contributed by atoms with E-state index in [0.29, 0.717) is 17.0 Å². The number of para-hydroxylation sites is 2. The van der Waals surface area contributed by atoms with Crippen LogP contribution < -0.4 is 15.4 Å². The van der Waals surface area contributed by atoms with E-state index in [0.717, 1.165) is 4.90 Å². The molecule has 1 saturated heterocycles. The molecule has 0 spiro atoms. The van der Waals surface area contributed by atoms with Gasteiger partial charge >= 0.3 is 6.03 Å². The Morgan fingerprint density at radius 1 is 1.21 bits per heavy atom. The van der Waals surface area contributed by atoms with Gasteiger partial charge in [0.15, 0.2) is 0 Å². The number of imide groups is 1. The molecule has 0 unspecified atom stereocenters. The summed E-state index contributed by atoms with van der Waals surface area (Å²) in [5.41, 5.74) is 0.769. The maximum atomic E-state index is 12.5. The molecule has 10 nitrogen and oxygen atoms in total. The van der Waals surface area contributed by atoms with Crippen LogP contribution in [0.4, 0.5) is 16.2 Å². The summed E-state index contributed by atoms with van der Waals surface area (Å²) in [5.74, 6) is -0.810. The zero-order valence-electron chi connectivity index (χ0n) is 15.2. The Kier molecular flexibility index (Phi) is 5.54. The highest BCUT2D eigenvalue weighted by atomic mass is 16.6. The number of anilines is 1. The van der Waals surface area contributed by atoms with Crippen molar-refractivity contribution in [2.24, 2.45) is 0 Å². The van der Waals surface area contributed by atoms with Crippen molar-refractivity contribution >= 4 is 35.3 Å². The number of carbonyl (C=O) groups excluding carboxylic acids is 3. The molecule has 0 saturated carbocycles. The van der Waals surface area contributed by atoms with Crippen molar-refractivity contribution in [1.82, 2.24) is 10.2 Å². The quantitative estimate of drug-likeness (QED) is 0.333. The number of ether oxygens (including phenoxy) is 1. The molecule has 29 heavy (non-hydrogen) atoms. The van der Waals surface area contributed by atoms with Crippen LogP contribution >= 0.6 is 0 Å². The van der Waals surface area contributed by atoms with Crippen molar-refractivity contribution in [2.45, 2.75) is 0 Å². The van der Waals surface area contributed by atoms with E-state index in [4.69, 9.17) is 4.74 Å². The van der Waals surface area contributed by atoms with Crippen LogP contribution in [0.5, 0.6) is 5.75 Å². The standard InChI is InChI=1S/C19H16N4O6/c1-29-16-5-3-2-4-14(16)20-17(24)11-22-18(25)15(21-19(22)26)10-12-6-8-13(9-7-12)23(27)28/h2-10H,11H2,1H3,(H,20,24)(H,21,26)/b15-10+. The monoisotopic (exact) mass is 396 g/mol. The number of non-ortho nitro benzene ring substituents is 1. The van der Waals surface area contributed by atoms with Gasteiger partial charge in [0.2, 0.25) is 5.91 Å². The van der Waals surface area contributed by atoms with Gasteiger partial charge in [-0.25, -0.2) is 9.69 Å². The Morgan fingerprint density at radius 3 is 2.55 bits per heavy atom. The Labute approximate surface area is 164 Å². The van der Waals surface area contributed by atoms with E-state index in [-0.39, 0.29) is 11.4 Å². The average Bonchev–Trinajstić information content (AvgIpc) is 2.96. The van der Waals surface area contributed by atoms with Crippen molar-refractivity contribution in [3.63, 3.8) is 0 Å². The summed E-state index contributed by atoms with van der Waals surface area (Å²) in [5, 5.41) is 15.7. The number of urea groups is 1. The summed E-state index contributed by atoms with van der Waals surface area (Å²) >= 11 is 0. The second-order valence-electron chi connectivity index (χ2n) is 5.98. The number of nitro benzene ring substituents is 1. The molecule has 1 heterocycles. The molecule has 0 aromatic heterocycles. The van der Waals surface area contributed by atoms with E-state index in [2.05, 4.69) is 10.6 Å². The average molecular weight is 396 g/mol. The molecular weight excluding hydrogens is 380 g/mol. The number of hydrogen-bond donors (Lipinski definition) is 2. The SMILES string of the molecule is COc1ccccc1NC(=O)CN1C(=O)N/C(=C/c2ccc([N+](=O)[O-])cc2)C1=O. The fraction of sp³-hybridized carbons (Fsp3) is 0.105. The predicted molar refractivity (Wildman–Crippen MR) is 103 cm³/mol. The molecule has 2 aromatic rings. The Morgan fingerprint density at radius 2 is 1.90 bits per heavy atom. The van der Waals surface area contributed by atoms with Crippen molar-refractivity contribution in [3.8, 4) is 5.75 Å². The minimum Gasteiger partial charge on any atom is -0.495 e. The summed E-state index contributed by atoms with van der Waals surface area (Å²) < 4.78 is 5.14. The van der Waals surface area contributed by atoms with Crippen molar-refractivity contribution in [3.05, 3.63) is 69.9 Å². The third-order valence-electron chi connectivity index (χ3n) is 4.06. The number of hydrogen-bond acceptors (Lipinski definition) is 6. The lowest BCUT2D eigenvalue weighted by atomic mass is 10.1. The van der Waals surface area contributed by atoms with E-state index in [1.165, 1.54) is 37.5 Å². The first kappa shape index (κ1) is 19.5. The number of benzene rings is 2. The predicted octanol–water partition coefficient (Wildman–Crippen LogP) is 2.13. The maximum absolute atomic E-state index is 12.5. The molecule has 0 aliphatic carbocycles. The van der Waals surface area contributed by atoms with Crippen LogP contribution in [0.15, 0.2) is 54.2 Å². The number of carbonyl (C=O) groups is 3. The van der Waals surface area contributed by atoms with Crippen LogP contribution in [-0.4, -0.2) is 41.3 Å². The van der Waals surface area contributed by atoms with Crippen LogP contribution in [0.2, 0.25) is 0 Å². The fourth-order valence-corrected chi connectivity index (χ4v) is 2.66. The Hall–Kier alpha value is -4.21. The zero-order chi connectivity index (χ0) is 21.0. The van der Waals surface area contributed by atoms with E-state index in [1.54, 1.807) is 24.3 Å². The van der Waals surface area contributed by atoms with Crippen molar-refractivity contribution in [2.75, 3.05) is 19.0 Å². The molecule has 10 heteroatoms. The Balaban J connectivity index is 1.70. The zero-order valence-corrected chi connectivity index (χ0v) is 15.2. The second kappa shape index (κ2) is 8.21. The highest BCUT2D eigenvalue weighted by Gasteiger charge is 2.35. The van der Waals surface area contributed by atoms with Crippen molar-refractivity contribution in [1.29, 1.82) is 0 Å². The number of nitro groups is 1. The van der Waals surface area contributed by atoms with E-state index in [1.807, 2.05) is 0 Å². The van der Waals surface area contributed by atoms with Crippen LogP contribution in [-0.2, 0) is 9.59 Å². The minimum atomic E-state index is -0.738. The number of amides is 4. The van der Waals surface area contributed by atoms with Gasteiger partial charge in [0.05, 0.1) is 17.7 Å². The number of rotatable bonds is 6. The number of nitrogens with zero attached hydrogens (tertiary/aromatic N) is 2. The molecular formula is C19H16N4O6. The Bertz CT molecular complexity index is 1020. The molecule has 3 rings (SSSR count). The lowest BCUT2D eigenvalue weighted by Crippen LogP contribution is -2.38. The molecule has 0 bridgehead atoms. The van der Waals surface area contributed by atoms with Crippen molar-refractivity contribution < 1.29 is 24.0 Å². The third kappa shape index (κ3) is 4.38. The maximum Gasteiger partial charge on any atom is 0.329 e. The van der Waals surface area contributed by atoms with Crippen LogP contribution in [0.3, 0.4) is 0 Å². The molecule has 2 N–H and O–H groups in total. The molecule has 1 fully saturated rings. The normalized spacial score (nSPS) is 14.7. The van der Waals surface area contributed by atoms with Gasteiger partial charge in [0.1, 0.15) is 18.0 Å². The van der Waals surface area contributed by atoms with Gasteiger partial charge < -0.3 is 15.4 Å². The van der Waals surface area contributed by atoms with Gasteiger partial charge in [-0.3, -0.25) is 19.7 Å². The highest BCUT2D eigenvalue weighted by molar-refractivity contribution is 6.16. The summed E-state index contributed by atoms with van der Waals surface area (Å²) in [4.78, 5) is 47.8. The lowest BCUT2D eigenvalue weighted by molar-refractivity contribution is -0.384. The molecule has 0 atom stereocenters. The minimum absolute atomic E-state index is 0.0334. The molecule has 1 aliphatic rings. The van der Waals surface area contributed by atoms with Crippen LogP contribution in [0, 0.1) is 10.1 Å². The van der Waals surface area contributed by atoms with Gasteiger partial charge in [-0.1, -0.05) is 12.1 Å².